The lowest BCUT2D eigenvalue weighted by atomic mass is 10.2. The monoisotopic (exact) mass is 207 g/mol. The number of nitrogens with zero attached hydrogens (tertiary/aromatic N) is 1. The van der Waals surface area contributed by atoms with Gasteiger partial charge in [-0.25, -0.2) is 4.98 Å². The molecule has 0 aliphatic heterocycles. The van der Waals surface area contributed by atoms with Crippen LogP contribution in [0.3, 0.4) is 0 Å². The zero-order valence-corrected chi connectivity index (χ0v) is 7.82. The fraction of sp³-hybridized carbons (Fsp3) is 0. The fourth-order valence-electron chi connectivity index (χ4n) is 1.22. The lowest BCUT2D eigenvalue weighted by molar-refractivity contribution is 0.107. The van der Waals surface area contributed by atoms with Crippen LogP contribution in [0.4, 0.5) is 0 Å². The van der Waals surface area contributed by atoms with Crippen molar-refractivity contribution in [2.24, 2.45) is 0 Å². The Labute approximate surface area is 85.0 Å². The van der Waals surface area contributed by atoms with E-state index in [4.69, 9.17) is 11.6 Å². The van der Waals surface area contributed by atoms with Crippen molar-refractivity contribution in [3.05, 3.63) is 36.0 Å². The summed E-state index contributed by atoms with van der Waals surface area (Å²) in [6, 6.07) is 7.94. The molecule has 0 spiro atoms. The number of pyridine rings is 1. The second-order valence-electron chi connectivity index (χ2n) is 2.85. The number of fused-ring (bicyclic) bond motifs is 1. The van der Waals surface area contributed by atoms with Crippen molar-refractivity contribution in [1.29, 1.82) is 0 Å². The zero-order chi connectivity index (χ0) is 10.1. The normalized spacial score (nSPS) is 10.4. The zero-order valence-electron chi connectivity index (χ0n) is 7.07. The first-order chi connectivity index (χ1) is 6.66. The van der Waals surface area contributed by atoms with Gasteiger partial charge in [-0.3, -0.25) is 4.79 Å². The van der Waals surface area contributed by atoms with Gasteiger partial charge in [-0.2, -0.15) is 0 Å². The molecule has 0 saturated heterocycles. The highest BCUT2D eigenvalue weighted by molar-refractivity contribution is 6.67. The minimum atomic E-state index is -0.583. The number of hydrogen-bond donors (Lipinski definition) is 1. The molecule has 1 aromatic carbocycles. The van der Waals surface area contributed by atoms with Crippen LogP contribution in [-0.4, -0.2) is 15.3 Å². The Morgan fingerprint density at radius 3 is 2.79 bits per heavy atom. The Morgan fingerprint density at radius 1 is 1.29 bits per heavy atom. The molecule has 1 heterocycles. The highest BCUT2D eigenvalue weighted by Crippen LogP contribution is 2.18. The van der Waals surface area contributed by atoms with E-state index in [-0.39, 0.29) is 11.4 Å². The highest BCUT2D eigenvalue weighted by atomic mass is 35.5. The van der Waals surface area contributed by atoms with Crippen molar-refractivity contribution in [2.75, 3.05) is 0 Å². The summed E-state index contributed by atoms with van der Waals surface area (Å²) >= 11 is 5.28. The molecule has 0 fully saturated rings. The quantitative estimate of drug-likeness (QED) is 0.731. The number of hydrogen-bond acceptors (Lipinski definition) is 3. The number of aromatic nitrogens is 1. The van der Waals surface area contributed by atoms with Gasteiger partial charge in [0.05, 0.1) is 5.52 Å². The minimum Gasteiger partial charge on any atom is -0.508 e. The van der Waals surface area contributed by atoms with Crippen molar-refractivity contribution in [1.82, 2.24) is 4.98 Å². The maximum atomic E-state index is 10.8. The van der Waals surface area contributed by atoms with Crippen LogP contribution in [0, 0.1) is 0 Å². The van der Waals surface area contributed by atoms with Crippen molar-refractivity contribution in [2.45, 2.75) is 0 Å². The summed E-state index contributed by atoms with van der Waals surface area (Å²) in [6.45, 7) is 0. The second-order valence-corrected chi connectivity index (χ2v) is 3.19. The van der Waals surface area contributed by atoms with Crippen LogP contribution < -0.4 is 0 Å². The van der Waals surface area contributed by atoms with Crippen LogP contribution in [0.2, 0.25) is 0 Å². The Morgan fingerprint density at radius 2 is 2.07 bits per heavy atom. The van der Waals surface area contributed by atoms with Crippen LogP contribution in [0.5, 0.6) is 5.75 Å². The van der Waals surface area contributed by atoms with E-state index in [2.05, 4.69) is 4.98 Å². The number of halogens is 1. The molecule has 0 saturated carbocycles. The van der Waals surface area contributed by atoms with E-state index in [0.717, 1.165) is 5.39 Å². The second kappa shape index (κ2) is 3.27. The average Bonchev–Trinajstić information content (AvgIpc) is 2.16. The summed E-state index contributed by atoms with van der Waals surface area (Å²) in [7, 11) is 0. The molecule has 70 valence electrons. The van der Waals surface area contributed by atoms with Gasteiger partial charge in [-0.15, -0.1) is 0 Å². The summed E-state index contributed by atoms with van der Waals surface area (Å²) in [5.41, 5.74) is 0.846. The van der Waals surface area contributed by atoms with Crippen LogP contribution in [0.25, 0.3) is 10.9 Å². The van der Waals surface area contributed by atoms with E-state index in [1.807, 2.05) is 0 Å². The molecule has 0 radical (unpaired) electrons. The predicted molar refractivity (Wildman–Crippen MR) is 53.6 cm³/mol. The summed E-state index contributed by atoms with van der Waals surface area (Å²) in [4.78, 5) is 14.8. The summed E-state index contributed by atoms with van der Waals surface area (Å²) in [5, 5.41) is 9.37. The van der Waals surface area contributed by atoms with E-state index in [0.29, 0.717) is 5.52 Å². The van der Waals surface area contributed by atoms with Gasteiger partial charge in [-0.05, 0) is 35.9 Å². The minimum absolute atomic E-state index is 0.171. The third-order valence-corrected chi connectivity index (χ3v) is 2.07. The molecular weight excluding hydrogens is 202 g/mol. The number of benzene rings is 1. The van der Waals surface area contributed by atoms with Crippen LogP contribution >= 0.6 is 11.6 Å². The topological polar surface area (TPSA) is 50.2 Å². The Balaban J connectivity index is 2.67. The van der Waals surface area contributed by atoms with Gasteiger partial charge in [0.2, 0.25) is 0 Å². The molecule has 0 unspecified atom stereocenters. The van der Waals surface area contributed by atoms with Gasteiger partial charge in [-0.1, -0.05) is 6.07 Å². The Hall–Kier alpha value is -1.61. The molecule has 0 aliphatic carbocycles. The predicted octanol–water partition coefficient (Wildman–Crippen LogP) is 2.32. The van der Waals surface area contributed by atoms with Gasteiger partial charge in [0.15, 0.2) is 0 Å². The highest BCUT2D eigenvalue weighted by Gasteiger charge is 2.04. The number of aromatic hydroxyl groups is 1. The molecule has 0 atom stereocenters. The molecule has 4 heteroatoms. The molecule has 14 heavy (non-hydrogen) atoms. The van der Waals surface area contributed by atoms with Crippen LogP contribution in [0.1, 0.15) is 10.5 Å². The molecule has 3 nitrogen and oxygen atoms in total. The molecule has 2 aromatic rings. The van der Waals surface area contributed by atoms with E-state index in [1.165, 1.54) is 12.1 Å². The number of carbonyl (C=O) groups is 1. The first-order valence-corrected chi connectivity index (χ1v) is 4.34. The third-order valence-electron chi connectivity index (χ3n) is 1.87. The molecule has 1 aromatic heterocycles. The van der Waals surface area contributed by atoms with E-state index >= 15 is 0 Å². The molecule has 0 bridgehead atoms. The Kier molecular flexibility index (Phi) is 2.09. The summed E-state index contributed by atoms with van der Waals surface area (Å²) < 4.78 is 0. The van der Waals surface area contributed by atoms with Crippen molar-refractivity contribution >= 4 is 27.7 Å². The van der Waals surface area contributed by atoms with Crippen LogP contribution in [-0.2, 0) is 0 Å². The molecular formula is C10H6ClNO2. The lowest BCUT2D eigenvalue weighted by Crippen LogP contribution is -1.93. The van der Waals surface area contributed by atoms with Gasteiger partial charge in [0.1, 0.15) is 11.4 Å². The molecule has 2 rings (SSSR count). The average molecular weight is 208 g/mol. The van der Waals surface area contributed by atoms with Gasteiger partial charge >= 0.3 is 0 Å². The van der Waals surface area contributed by atoms with Gasteiger partial charge < -0.3 is 5.11 Å². The molecule has 0 aliphatic rings. The molecule has 0 amide bonds. The first-order valence-electron chi connectivity index (χ1n) is 3.96. The van der Waals surface area contributed by atoms with Gasteiger partial charge in [0, 0.05) is 5.39 Å². The van der Waals surface area contributed by atoms with Gasteiger partial charge in [0.25, 0.3) is 5.24 Å². The van der Waals surface area contributed by atoms with Crippen molar-refractivity contribution in [3.8, 4) is 5.75 Å². The first kappa shape index (κ1) is 8.97. The third kappa shape index (κ3) is 1.54. The van der Waals surface area contributed by atoms with Crippen molar-refractivity contribution in [3.63, 3.8) is 0 Å². The van der Waals surface area contributed by atoms with Crippen molar-refractivity contribution < 1.29 is 9.90 Å². The summed E-state index contributed by atoms with van der Waals surface area (Å²) in [6.07, 6.45) is 0. The van der Waals surface area contributed by atoms with E-state index in [1.54, 1.807) is 18.2 Å². The number of phenolic OH excluding ortho intramolecular Hbond substituents is 1. The smallest absolute Gasteiger partial charge is 0.270 e. The fourth-order valence-corrected chi connectivity index (χ4v) is 1.33. The SMILES string of the molecule is O=C(Cl)c1ccc2cc(O)ccc2n1. The lowest BCUT2D eigenvalue weighted by Gasteiger charge is -1.99. The largest absolute Gasteiger partial charge is 0.508 e. The summed E-state index contributed by atoms with van der Waals surface area (Å²) in [5.74, 6) is 0.171. The Bertz CT molecular complexity index is 510. The molecule has 1 N–H and O–H groups in total. The van der Waals surface area contributed by atoms with E-state index < -0.39 is 5.24 Å². The van der Waals surface area contributed by atoms with Crippen LogP contribution in [0.15, 0.2) is 30.3 Å². The number of rotatable bonds is 1. The standard InChI is InChI=1S/C10H6ClNO2/c11-10(14)9-3-1-6-5-7(13)2-4-8(6)12-9/h1-5,13H. The number of phenols is 1. The number of carbonyl (C=O) groups excluding carboxylic acids is 1. The van der Waals surface area contributed by atoms with E-state index in [9.17, 15) is 9.90 Å². The maximum Gasteiger partial charge on any atom is 0.270 e. The maximum absolute atomic E-state index is 10.8.